The van der Waals surface area contributed by atoms with Gasteiger partial charge in [0, 0.05) is 19.5 Å². The number of aliphatic hydroxyl groups excluding tert-OH is 2. The van der Waals surface area contributed by atoms with E-state index in [1.54, 1.807) is 26.1 Å². The van der Waals surface area contributed by atoms with Gasteiger partial charge in [-0.25, -0.2) is 4.79 Å². The Kier molecular flexibility index (Phi) is 5.78. The van der Waals surface area contributed by atoms with Crippen LogP contribution in [0.4, 0.5) is 4.79 Å². The van der Waals surface area contributed by atoms with Gasteiger partial charge in [0.25, 0.3) is 0 Å². The Bertz CT molecular complexity index is 1140. The molecule has 0 heterocycles. The molecule has 4 aliphatic rings. The van der Waals surface area contributed by atoms with Gasteiger partial charge in [-0.15, -0.1) is 0 Å². The zero-order chi connectivity index (χ0) is 26.2. The Labute approximate surface area is 212 Å². The van der Waals surface area contributed by atoms with Gasteiger partial charge in [0.1, 0.15) is 6.10 Å². The molecular weight excluding hydrogens is 458 g/mol. The summed E-state index contributed by atoms with van der Waals surface area (Å²) in [6, 6.07) is 9.47. The maximum atomic E-state index is 14.4. The summed E-state index contributed by atoms with van der Waals surface area (Å²) in [7, 11) is 1.61. The summed E-state index contributed by atoms with van der Waals surface area (Å²) < 4.78 is 5.90. The first-order valence-electron chi connectivity index (χ1n) is 12.8. The van der Waals surface area contributed by atoms with Crippen molar-refractivity contribution in [1.29, 1.82) is 0 Å². The fraction of sp³-hybridized carbons (Fsp3) is 0.586. The van der Waals surface area contributed by atoms with E-state index in [9.17, 15) is 24.9 Å². The number of carbonyl (C=O) groups is 2. The number of ether oxygens (including phenoxy) is 1. The van der Waals surface area contributed by atoms with Crippen molar-refractivity contribution in [1.82, 2.24) is 4.90 Å². The number of allylic oxidation sites excluding steroid dienone is 1. The highest BCUT2D eigenvalue weighted by Crippen LogP contribution is 2.71. The second-order valence-electron chi connectivity index (χ2n) is 12.0. The van der Waals surface area contributed by atoms with Gasteiger partial charge in [-0.05, 0) is 53.2 Å². The van der Waals surface area contributed by atoms with E-state index in [1.165, 1.54) is 4.90 Å². The van der Waals surface area contributed by atoms with E-state index in [0.717, 1.165) is 12.0 Å². The summed E-state index contributed by atoms with van der Waals surface area (Å²) in [6.45, 7) is 7.80. The van der Waals surface area contributed by atoms with Crippen LogP contribution < -0.4 is 0 Å². The highest BCUT2D eigenvalue weighted by atomic mass is 16.6. The molecule has 7 nitrogen and oxygen atoms in total. The van der Waals surface area contributed by atoms with Crippen molar-refractivity contribution in [3.63, 3.8) is 0 Å². The molecule has 0 aromatic heterocycles. The first-order valence-corrected chi connectivity index (χ1v) is 12.8. The van der Waals surface area contributed by atoms with E-state index in [4.69, 9.17) is 4.74 Å². The number of nitrogens with zero attached hydrogens (tertiary/aromatic N) is 1. The molecule has 0 unspecified atom stereocenters. The Hall–Kier alpha value is -2.48. The van der Waals surface area contributed by atoms with Crippen LogP contribution in [0.5, 0.6) is 0 Å². The van der Waals surface area contributed by atoms with E-state index in [2.05, 4.69) is 13.8 Å². The molecule has 7 heteroatoms. The molecule has 0 radical (unpaired) electrons. The van der Waals surface area contributed by atoms with Gasteiger partial charge in [-0.1, -0.05) is 63.3 Å². The van der Waals surface area contributed by atoms with Crippen LogP contribution in [-0.2, 0) is 16.1 Å². The van der Waals surface area contributed by atoms with E-state index in [-0.39, 0.29) is 28.6 Å². The van der Waals surface area contributed by atoms with E-state index < -0.39 is 41.8 Å². The van der Waals surface area contributed by atoms with Crippen molar-refractivity contribution in [2.24, 2.45) is 34.5 Å². The Morgan fingerprint density at radius 3 is 2.53 bits per heavy atom. The van der Waals surface area contributed by atoms with Crippen molar-refractivity contribution in [2.75, 3.05) is 13.7 Å². The quantitative estimate of drug-likeness (QED) is 0.554. The third-order valence-corrected chi connectivity index (χ3v) is 9.69. The lowest BCUT2D eigenvalue weighted by Crippen LogP contribution is -2.66. The van der Waals surface area contributed by atoms with Crippen molar-refractivity contribution < 1.29 is 29.6 Å². The summed E-state index contributed by atoms with van der Waals surface area (Å²) in [5.74, 6) is -0.608. The zero-order valence-electron chi connectivity index (χ0n) is 21.6. The van der Waals surface area contributed by atoms with Crippen molar-refractivity contribution in [3.8, 4) is 0 Å². The minimum Gasteiger partial charge on any atom is -0.438 e. The highest BCUT2D eigenvalue weighted by molar-refractivity contribution is 5.95. The molecule has 1 aromatic carbocycles. The molecule has 36 heavy (non-hydrogen) atoms. The normalized spacial score (nSPS) is 40.2. The molecule has 2 saturated carbocycles. The Balaban J connectivity index is 1.54. The van der Waals surface area contributed by atoms with Crippen LogP contribution >= 0.6 is 0 Å². The number of benzene rings is 1. The molecule has 0 saturated heterocycles. The lowest BCUT2D eigenvalue weighted by molar-refractivity contribution is -0.191. The minimum absolute atomic E-state index is 0.0376. The zero-order valence-corrected chi connectivity index (χ0v) is 21.6. The number of ketones is 1. The highest BCUT2D eigenvalue weighted by Gasteiger charge is 2.76. The third kappa shape index (κ3) is 3.22. The molecule has 1 spiro atoms. The molecule has 1 amide bonds. The first kappa shape index (κ1) is 25.2. The van der Waals surface area contributed by atoms with Crippen molar-refractivity contribution in [3.05, 3.63) is 59.2 Å². The summed E-state index contributed by atoms with van der Waals surface area (Å²) >= 11 is 0. The molecule has 2 fully saturated rings. The predicted octanol–water partition coefficient (Wildman–Crippen LogP) is 3.09. The van der Waals surface area contributed by atoms with Gasteiger partial charge >= 0.3 is 6.09 Å². The van der Waals surface area contributed by atoms with Gasteiger partial charge in [0.2, 0.25) is 0 Å². The molecule has 2 bridgehead atoms. The maximum Gasteiger partial charge on any atom is 0.410 e. The Morgan fingerprint density at radius 1 is 1.22 bits per heavy atom. The van der Waals surface area contributed by atoms with Gasteiger partial charge < -0.3 is 25.0 Å². The van der Waals surface area contributed by atoms with Crippen LogP contribution in [0.1, 0.15) is 39.7 Å². The number of hydrogen-bond donors (Lipinski definition) is 3. The second-order valence-corrected chi connectivity index (χ2v) is 12.0. The molecule has 3 N–H and O–H groups in total. The first-order chi connectivity index (χ1) is 16.9. The number of amides is 1. The van der Waals surface area contributed by atoms with Gasteiger partial charge in [0.15, 0.2) is 17.5 Å². The fourth-order valence-electron chi connectivity index (χ4n) is 7.71. The average molecular weight is 496 g/mol. The number of Topliss-reactive ketones (excluding diaryl/α,β-unsaturated/α-hetero) is 1. The second kappa shape index (κ2) is 8.27. The number of hydrogen-bond acceptors (Lipinski definition) is 6. The number of fused-ring (bicyclic) bond motifs is 3. The summed E-state index contributed by atoms with van der Waals surface area (Å²) in [5.41, 5.74) is -1.93. The van der Waals surface area contributed by atoms with Crippen LogP contribution in [0.25, 0.3) is 0 Å². The summed E-state index contributed by atoms with van der Waals surface area (Å²) in [4.78, 5) is 29.0. The monoisotopic (exact) mass is 495 g/mol. The number of aliphatic hydroxyl groups is 3. The maximum absolute atomic E-state index is 14.4. The molecule has 194 valence electrons. The fourth-order valence-corrected chi connectivity index (χ4v) is 7.71. The topological polar surface area (TPSA) is 107 Å². The Morgan fingerprint density at radius 2 is 1.89 bits per heavy atom. The SMILES string of the molecule is CC1=C[C@]23C(=O)[C@@H](C=C(CO)[C@@H](O)[C@]2(O)[C@H]1OC(=O)N(C)Cc1ccccc1)[C@H]1[C@@H](C[C@H]3C)C1(C)C. The van der Waals surface area contributed by atoms with Crippen LogP contribution in [0.3, 0.4) is 0 Å². The van der Waals surface area contributed by atoms with Crippen LogP contribution in [0.15, 0.2) is 53.6 Å². The predicted molar refractivity (Wildman–Crippen MR) is 134 cm³/mol. The summed E-state index contributed by atoms with van der Waals surface area (Å²) in [6.07, 6.45) is 0.678. The van der Waals surface area contributed by atoms with Gasteiger partial charge in [0.05, 0.1) is 12.0 Å². The van der Waals surface area contributed by atoms with Crippen LogP contribution in [0.2, 0.25) is 0 Å². The van der Waals surface area contributed by atoms with Crippen molar-refractivity contribution >= 4 is 11.9 Å². The standard InChI is InChI=1S/C29H37NO6/c1-16-13-28-17(2)11-21-22(27(21,3)4)20(24(28)33)12-19(15-31)23(32)29(28,35)25(16)36-26(34)30(5)14-18-9-7-6-8-10-18/h6-10,12-13,17,20-23,25,31-32,35H,11,14-15H2,1-5H3/t17-,20+,21-,22+,23-,25+,28+,29+/m1/s1. The van der Waals surface area contributed by atoms with E-state index in [0.29, 0.717) is 18.0 Å². The van der Waals surface area contributed by atoms with Crippen LogP contribution in [0, 0.1) is 34.5 Å². The van der Waals surface area contributed by atoms with Gasteiger partial charge in [-0.2, -0.15) is 0 Å². The van der Waals surface area contributed by atoms with Crippen molar-refractivity contribution in [2.45, 2.75) is 58.5 Å². The lowest BCUT2D eigenvalue weighted by Gasteiger charge is -2.48. The third-order valence-electron chi connectivity index (χ3n) is 9.69. The molecule has 8 atom stereocenters. The molecule has 0 aliphatic heterocycles. The average Bonchev–Trinajstić information content (AvgIpc) is 3.33. The number of carbonyl (C=O) groups excluding carboxylic acids is 2. The molecule has 4 aliphatic carbocycles. The van der Waals surface area contributed by atoms with Crippen LogP contribution in [-0.4, -0.2) is 63.6 Å². The largest absolute Gasteiger partial charge is 0.438 e. The molecule has 5 rings (SSSR count). The van der Waals surface area contributed by atoms with E-state index in [1.807, 2.05) is 37.3 Å². The smallest absolute Gasteiger partial charge is 0.410 e. The minimum atomic E-state index is -2.12. The molecule has 1 aromatic rings. The molecular formula is C29H37NO6. The number of rotatable bonds is 4. The lowest BCUT2D eigenvalue weighted by atomic mass is 9.59. The van der Waals surface area contributed by atoms with E-state index >= 15 is 0 Å². The van der Waals surface area contributed by atoms with Gasteiger partial charge in [-0.3, -0.25) is 4.79 Å². The summed E-state index contributed by atoms with van der Waals surface area (Å²) in [5, 5.41) is 34.2.